The summed E-state index contributed by atoms with van der Waals surface area (Å²) in [5.41, 5.74) is 0. The molecule has 0 aromatic heterocycles. The second-order valence-electron chi connectivity index (χ2n) is 6.86. The van der Waals surface area contributed by atoms with Gasteiger partial charge in [0, 0.05) is 12.1 Å². The summed E-state index contributed by atoms with van der Waals surface area (Å²) < 4.78 is 0. The summed E-state index contributed by atoms with van der Waals surface area (Å²) in [6, 6.07) is 1.59. The molecule has 2 aliphatic rings. The van der Waals surface area contributed by atoms with Crippen LogP contribution in [-0.2, 0) is 0 Å². The van der Waals surface area contributed by atoms with Crippen molar-refractivity contribution in [1.82, 2.24) is 5.32 Å². The Bertz CT molecular complexity index is 212. The van der Waals surface area contributed by atoms with Gasteiger partial charge in [-0.3, -0.25) is 0 Å². The van der Waals surface area contributed by atoms with Gasteiger partial charge in [-0.2, -0.15) is 0 Å². The highest BCUT2D eigenvalue weighted by atomic mass is 15.0. The van der Waals surface area contributed by atoms with Crippen LogP contribution in [0.15, 0.2) is 0 Å². The fourth-order valence-electron chi connectivity index (χ4n) is 4.17. The molecule has 0 spiro atoms. The van der Waals surface area contributed by atoms with Gasteiger partial charge in [0.15, 0.2) is 0 Å². The first kappa shape index (κ1) is 14.4. The highest BCUT2D eigenvalue weighted by molar-refractivity contribution is 4.83. The minimum atomic E-state index is 0.762. The maximum atomic E-state index is 3.95. The lowest BCUT2D eigenvalue weighted by Crippen LogP contribution is -2.43. The molecule has 0 heterocycles. The zero-order chi connectivity index (χ0) is 12.8. The maximum absolute atomic E-state index is 3.95. The molecule has 106 valence electrons. The van der Waals surface area contributed by atoms with Crippen molar-refractivity contribution in [3.63, 3.8) is 0 Å². The molecule has 18 heavy (non-hydrogen) atoms. The molecule has 1 heteroatoms. The highest BCUT2D eigenvalue weighted by Gasteiger charge is 2.25. The van der Waals surface area contributed by atoms with E-state index in [1.807, 2.05) is 0 Å². The van der Waals surface area contributed by atoms with Crippen molar-refractivity contribution in [3.05, 3.63) is 0 Å². The molecule has 1 atom stereocenters. The smallest absolute Gasteiger partial charge is 0.00698 e. The van der Waals surface area contributed by atoms with Crippen molar-refractivity contribution in [1.29, 1.82) is 0 Å². The van der Waals surface area contributed by atoms with Crippen molar-refractivity contribution in [3.8, 4) is 0 Å². The van der Waals surface area contributed by atoms with Crippen LogP contribution in [-0.4, -0.2) is 12.1 Å². The number of nitrogens with one attached hydrogen (secondary N) is 1. The lowest BCUT2D eigenvalue weighted by atomic mass is 9.81. The molecule has 2 fully saturated rings. The third kappa shape index (κ3) is 4.26. The Morgan fingerprint density at radius 2 is 1.61 bits per heavy atom. The summed E-state index contributed by atoms with van der Waals surface area (Å²) >= 11 is 0. The lowest BCUT2D eigenvalue weighted by molar-refractivity contribution is 0.219. The fraction of sp³-hybridized carbons (Fsp3) is 1.00. The Morgan fingerprint density at radius 1 is 0.944 bits per heavy atom. The van der Waals surface area contributed by atoms with E-state index in [2.05, 4.69) is 19.2 Å². The minimum absolute atomic E-state index is 0.762. The Labute approximate surface area is 114 Å². The summed E-state index contributed by atoms with van der Waals surface area (Å²) in [6.07, 6.45) is 16.0. The van der Waals surface area contributed by atoms with E-state index in [4.69, 9.17) is 0 Å². The van der Waals surface area contributed by atoms with Crippen LogP contribution in [0.5, 0.6) is 0 Å². The van der Waals surface area contributed by atoms with Gasteiger partial charge in [0.25, 0.3) is 0 Å². The molecule has 0 radical (unpaired) electrons. The van der Waals surface area contributed by atoms with E-state index in [-0.39, 0.29) is 0 Å². The normalized spacial score (nSPS) is 32.3. The molecule has 0 unspecified atom stereocenters. The molecule has 0 saturated heterocycles. The zero-order valence-electron chi connectivity index (χ0n) is 12.6. The largest absolute Gasteiger partial charge is 0.311 e. The van der Waals surface area contributed by atoms with Crippen LogP contribution in [0.2, 0.25) is 0 Å². The van der Waals surface area contributed by atoms with Crippen molar-refractivity contribution in [2.75, 3.05) is 0 Å². The van der Waals surface area contributed by atoms with Crippen LogP contribution in [0.1, 0.15) is 84.5 Å². The Hall–Kier alpha value is -0.0400. The standard InChI is InChI=1S/C17H33N/c1-3-7-15-10-12-17(13-11-15)18-14(2)16-8-5-4-6-9-16/h14-18H,3-13H2,1-2H3/t14-,15?,17?/m0/s1. The highest BCUT2D eigenvalue weighted by Crippen LogP contribution is 2.30. The Kier molecular flexibility index (Phi) is 6.01. The van der Waals surface area contributed by atoms with E-state index in [1.54, 1.807) is 0 Å². The number of hydrogen-bond donors (Lipinski definition) is 1. The van der Waals surface area contributed by atoms with Gasteiger partial charge in [0.2, 0.25) is 0 Å². The van der Waals surface area contributed by atoms with Crippen molar-refractivity contribution in [2.45, 2.75) is 96.6 Å². The van der Waals surface area contributed by atoms with Crippen LogP contribution in [0, 0.1) is 11.8 Å². The van der Waals surface area contributed by atoms with E-state index in [1.165, 1.54) is 70.6 Å². The van der Waals surface area contributed by atoms with Crippen LogP contribution >= 0.6 is 0 Å². The van der Waals surface area contributed by atoms with Gasteiger partial charge < -0.3 is 5.32 Å². The van der Waals surface area contributed by atoms with E-state index >= 15 is 0 Å². The van der Waals surface area contributed by atoms with Crippen LogP contribution in [0.25, 0.3) is 0 Å². The fourth-order valence-corrected chi connectivity index (χ4v) is 4.17. The Balaban J connectivity index is 1.67. The van der Waals surface area contributed by atoms with Crippen molar-refractivity contribution in [2.24, 2.45) is 11.8 Å². The summed E-state index contributed by atoms with van der Waals surface area (Å²) in [6.45, 7) is 4.77. The first-order chi connectivity index (χ1) is 8.79. The molecular formula is C17H33N. The monoisotopic (exact) mass is 251 g/mol. The second-order valence-corrected chi connectivity index (χ2v) is 6.86. The summed E-state index contributed by atoms with van der Waals surface area (Å²) in [4.78, 5) is 0. The van der Waals surface area contributed by atoms with Gasteiger partial charge in [0.05, 0.1) is 0 Å². The molecule has 2 rings (SSSR count). The van der Waals surface area contributed by atoms with E-state index in [0.29, 0.717) is 0 Å². The molecule has 0 aromatic rings. The first-order valence-corrected chi connectivity index (χ1v) is 8.55. The molecule has 1 N–H and O–H groups in total. The average Bonchev–Trinajstić information content (AvgIpc) is 2.42. The number of rotatable bonds is 5. The van der Waals surface area contributed by atoms with Crippen LogP contribution in [0.4, 0.5) is 0 Å². The second kappa shape index (κ2) is 7.53. The molecule has 2 aliphatic carbocycles. The van der Waals surface area contributed by atoms with Gasteiger partial charge in [0.1, 0.15) is 0 Å². The van der Waals surface area contributed by atoms with E-state index < -0.39 is 0 Å². The van der Waals surface area contributed by atoms with Gasteiger partial charge in [-0.05, 0) is 57.3 Å². The SMILES string of the molecule is CCCC1CCC(N[C@@H](C)C2CCCCC2)CC1. The quantitative estimate of drug-likeness (QED) is 0.732. The van der Waals surface area contributed by atoms with Crippen LogP contribution in [0.3, 0.4) is 0 Å². The van der Waals surface area contributed by atoms with E-state index in [9.17, 15) is 0 Å². The third-order valence-corrected chi connectivity index (χ3v) is 5.40. The third-order valence-electron chi connectivity index (χ3n) is 5.40. The summed E-state index contributed by atoms with van der Waals surface area (Å²) in [7, 11) is 0. The molecule has 0 bridgehead atoms. The first-order valence-electron chi connectivity index (χ1n) is 8.55. The molecule has 0 aromatic carbocycles. The summed E-state index contributed by atoms with van der Waals surface area (Å²) in [5.74, 6) is 2.00. The predicted octanol–water partition coefficient (Wildman–Crippen LogP) is 4.90. The van der Waals surface area contributed by atoms with Gasteiger partial charge in [-0.25, -0.2) is 0 Å². The minimum Gasteiger partial charge on any atom is -0.311 e. The van der Waals surface area contributed by atoms with E-state index in [0.717, 1.165) is 23.9 Å². The molecular weight excluding hydrogens is 218 g/mol. The van der Waals surface area contributed by atoms with Gasteiger partial charge in [-0.15, -0.1) is 0 Å². The lowest BCUT2D eigenvalue weighted by Gasteiger charge is -2.35. The predicted molar refractivity (Wildman–Crippen MR) is 79.8 cm³/mol. The Morgan fingerprint density at radius 3 is 2.22 bits per heavy atom. The molecule has 0 aliphatic heterocycles. The van der Waals surface area contributed by atoms with Crippen LogP contribution < -0.4 is 5.32 Å². The van der Waals surface area contributed by atoms with Gasteiger partial charge in [-0.1, -0.05) is 39.0 Å². The molecule has 0 amide bonds. The molecule has 2 saturated carbocycles. The van der Waals surface area contributed by atoms with Gasteiger partial charge >= 0.3 is 0 Å². The van der Waals surface area contributed by atoms with Crippen molar-refractivity contribution < 1.29 is 0 Å². The summed E-state index contributed by atoms with van der Waals surface area (Å²) in [5, 5.41) is 3.95. The maximum Gasteiger partial charge on any atom is 0.00698 e. The number of hydrogen-bond acceptors (Lipinski definition) is 1. The molecule has 1 nitrogen and oxygen atoms in total. The topological polar surface area (TPSA) is 12.0 Å². The van der Waals surface area contributed by atoms with Crippen molar-refractivity contribution >= 4 is 0 Å². The average molecular weight is 251 g/mol. The zero-order valence-corrected chi connectivity index (χ0v) is 12.6.